The molecule has 3 fully saturated rings. The van der Waals surface area contributed by atoms with Crippen LogP contribution < -0.4 is 10.7 Å². The van der Waals surface area contributed by atoms with E-state index in [0.29, 0.717) is 6.04 Å². The van der Waals surface area contributed by atoms with Gasteiger partial charge in [-0.25, -0.2) is 0 Å². The van der Waals surface area contributed by atoms with E-state index < -0.39 is 0 Å². The smallest absolute Gasteiger partial charge is 0.227 e. The van der Waals surface area contributed by atoms with Crippen LogP contribution in [0.2, 0.25) is 0 Å². The number of nitrogens with zero attached hydrogens (tertiary/aromatic N) is 2. The summed E-state index contributed by atoms with van der Waals surface area (Å²) in [6, 6.07) is 0.516. The van der Waals surface area contributed by atoms with E-state index in [1.807, 2.05) is 0 Å². The van der Waals surface area contributed by atoms with Crippen molar-refractivity contribution in [3.8, 4) is 0 Å². The van der Waals surface area contributed by atoms with Crippen molar-refractivity contribution in [1.82, 2.24) is 0 Å². The Morgan fingerprint density at radius 2 is 1.75 bits per heavy atom. The quantitative estimate of drug-likeness (QED) is 0.329. The molecule has 0 radical (unpaired) electrons. The average molecular weight is 227 g/mol. The van der Waals surface area contributed by atoms with Gasteiger partial charge in [-0.15, -0.1) is 0 Å². The number of likely N-dealkylation sites (N-methyl/N-ethyl adjacent to an activating group) is 1. The Kier molecular flexibility index (Phi) is 3.22. The molecule has 0 amide bonds. The molecule has 0 aliphatic carbocycles. The van der Waals surface area contributed by atoms with Crippen molar-refractivity contribution < 1.29 is 14.0 Å². The summed E-state index contributed by atoms with van der Waals surface area (Å²) in [6.45, 7) is 11.8. The lowest BCUT2D eigenvalue weighted by Crippen LogP contribution is -2.78. The molecule has 3 aliphatic rings. The van der Waals surface area contributed by atoms with Gasteiger partial charge in [-0.05, 0) is 6.92 Å². The fourth-order valence-corrected chi connectivity index (χ4v) is 3.08. The lowest BCUT2D eigenvalue weighted by atomic mass is 10.1. The molecular formula is C12H27N4+3. The van der Waals surface area contributed by atoms with Crippen LogP contribution in [0.25, 0.3) is 0 Å². The maximum absolute atomic E-state index is 5.39. The molecule has 3 aliphatic heterocycles. The van der Waals surface area contributed by atoms with E-state index in [-0.39, 0.29) is 0 Å². The van der Waals surface area contributed by atoms with Crippen LogP contribution in [0.1, 0.15) is 13.3 Å². The molecule has 92 valence electrons. The van der Waals surface area contributed by atoms with E-state index in [4.69, 9.17) is 5.73 Å². The summed E-state index contributed by atoms with van der Waals surface area (Å²) in [5.41, 5.74) is 5.39. The minimum Gasteiger partial charge on any atom is -0.312 e. The molecule has 2 bridgehead atoms. The molecule has 3 saturated heterocycles. The molecule has 0 spiro atoms. The second kappa shape index (κ2) is 4.34. The highest BCUT2D eigenvalue weighted by Crippen LogP contribution is 2.24. The first kappa shape index (κ1) is 11.9. The number of quaternary nitrogens is 2. The topological polar surface area (TPSA) is 40.0 Å². The molecule has 3 rings (SSSR count). The van der Waals surface area contributed by atoms with Gasteiger partial charge < -0.3 is 8.97 Å². The summed E-state index contributed by atoms with van der Waals surface area (Å²) < 4.78 is 2.69. The first-order valence-electron chi connectivity index (χ1n) is 6.56. The molecule has 0 aromatic heterocycles. The van der Waals surface area contributed by atoms with Crippen LogP contribution in [0.4, 0.5) is 0 Å². The van der Waals surface area contributed by atoms with Crippen LogP contribution in [-0.4, -0.2) is 74.2 Å². The van der Waals surface area contributed by atoms with E-state index in [1.54, 1.807) is 6.34 Å². The number of piperazine rings is 3. The molecule has 1 atom stereocenters. The standard InChI is InChI=1S/C12H26N4/c1-12(14-11-13)3-4-16-8-5-15(2,6-9-16)7-10-16/h11-12H,3-10H2,1-2H3,(H2,13,14)/q+2/p+1/t12-,15?,16?/m1/s1. The summed E-state index contributed by atoms with van der Waals surface area (Å²) >= 11 is 0. The predicted molar refractivity (Wildman–Crippen MR) is 65.8 cm³/mol. The highest BCUT2D eigenvalue weighted by atomic mass is 15.5. The highest BCUT2D eigenvalue weighted by molar-refractivity contribution is 5.43. The molecule has 16 heavy (non-hydrogen) atoms. The lowest BCUT2D eigenvalue weighted by Gasteiger charge is -2.54. The summed E-state index contributed by atoms with van der Waals surface area (Å²) in [4.78, 5) is 3.19. The number of hydrogen-bond acceptors (Lipinski definition) is 0. The number of nitrogens with two attached hydrogens (primary N) is 1. The third-order valence-corrected chi connectivity index (χ3v) is 4.76. The van der Waals surface area contributed by atoms with Crippen molar-refractivity contribution in [2.75, 3.05) is 52.9 Å². The van der Waals surface area contributed by atoms with Crippen molar-refractivity contribution in [3.05, 3.63) is 0 Å². The van der Waals surface area contributed by atoms with E-state index in [9.17, 15) is 0 Å². The summed E-state index contributed by atoms with van der Waals surface area (Å²) in [7, 11) is 2.42. The van der Waals surface area contributed by atoms with E-state index in [1.165, 1.54) is 61.2 Å². The zero-order chi connectivity index (χ0) is 11.6. The van der Waals surface area contributed by atoms with Crippen LogP contribution in [0, 0.1) is 0 Å². The van der Waals surface area contributed by atoms with E-state index >= 15 is 0 Å². The fourth-order valence-electron chi connectivity index (χ4n) is 3.08. The SMILES string of the molecule is C[C@H](CC[N+]12CC[N+](C)(CC1)CC2)[NH+]=CN. The van der Waals surface area contributed by atoms with Crippen LogP contribution >= 0.6 is 0 Å². The second-order valence-electron chi connectivity index (χ2n) is 6.05. The Hall–Kier alpha value is -0.610. The summed E-state index contributed by atoms with van der Waals surface area (Å²) in [6.07, 6.45) is 2.81. The molecular weight excluding hydrogens is 200 g/mol. The van der Waals surface area contributed by atoms with Gasteiger partial charge in [0.15, 0.2) is 0 Å². The minimum atomic E-state index is 0.516. The van der Waals surface area contributed by atoms with Crippen LogP contribution in [-0.2, 0) is 0 Å². The van der Waals surface area contributed by atoms with Gasteiger partial charge in [0.1, 0.15) is 39.3 Å². The number of nitrogens with one attached hydrogen (secondary N) is 1. The van der Waals surface area contributed by atoms with Gasteiger partial charge in [-0.3, -0.25) is 10.7 Å². The largest absolute Gasteiger partial charge is 0.312 e. The van der Waals surface area contributed by atoms with Gasteiger partial charge in [-0.1, -0.05) is 0 Å². The summed E-state index contributed by atoms with van der Waals surface area (Å²) in [5.74, 6) is 0. The number of rotatable bonds is 4. The summed E-state index contributed by atoms with van der Waals surface area (Å²) in [5, 5.41) is 0. The lowest BCUT2D eigenvalue weighted by molar-refractivity contribution is -1.07. The third-order valence-electron chi connectivity index (χ3n) is 4.76. The van der Waals surface area contributed by atoms with Crippen molar-refractivity contribution in [2.45, 2.75) is 19.4 Å². The van der Waals surface area contributed by atoms with Gasteiger partial charge in [0, 0.05) is 6.42 Å². The van der Waals surface area contributed by atoms with Gasteiger partial charge in [0.05, 0.1) is 19.6 Å². The van der Waals surface area contributed by atoms with Crippen molar-refractivity contribution in [3.63, 3.8) is 0 Å². The Bertz CT molecular complexity index is 250. The zero-order valence-corrected chi connectivity index (χ0v) is 10.8. The Morgan fingerprint density at radius 1 is 1.19 bits per heavy atom. The van der Waals surface area contributed by atoms with Crippen LogP contribution in [0.5, 0.6) is 0 Å². The van der Waals surface area contributed by atoms with E-state index in [2.05, 4.69) is 19.0 Å². The monoisotopic (exact) mass is 227 g/mol. The van der Waals surface area contributed by atoms with Crippen LogP contribution in [0.3, 0.4) is 0 Å². The zero-order valence-electron chi connectivity index (χ0n) is 10.8. The van der Waals surface area contributed by atoms with Crippen LogP contribution in [0.15, 0.2) is 0 Å². The van der Waals surface area contributed by atoms with Crippen molar-refractivity contribution in [1.29, 1.82) is 0 Å². The van der Waals surface area contributed by atoms with Gasteiger partial charge >= 0.3 is 0 Å². The number of fused-ring (bicyclic) bond motifs is 3. The third kappa shape index (κ3) is 2.38. The van der Waals surface area contributed by atoms with E-state index in [0.717, 1.165) is 0 Å². The predicted octanol–water partition coefficient (Wildman–Crippen LogP) is -1.88. The van der Waals surface area contributed by atoms with Crippen molar-refractivity contribution >= 4 is 6.34 Å². The molecule has 3 heterocycles. The maximum atomic E-state index is 5.39. The molecule has 0 unspecified atom stereocenters. The Labute approximate surface area is 98.9 Å². The second-order valence-corrected chi connectivity index (χ2v) is 6.05. The average Bonchev–Trinajstić information content (AvgIpc) is 2.29. The Morgan fingerprint density at radius 3 is 2.25 bits per heavy atom. The molecule has 0 aromatic rings. The molecule has 0 aromatic carbocycles. The Balaban J connectivity index is 1.86. The normalized spacial score (nSPS) is 40.4. The van der Waals surface area contributed by atoms with Gasteiger partial charge in [0.2, 0.25) is 6.34 Å². The van der Waals surface area contributed by atoms with Crippen molar-refractivity contribution in [2.24, 2.45) is 5.73 Å². The fraction of sp³-hybridized carbons (Fsp3) is 0.917. The first-order valence-corrected chi connectivity index (χ1v) is 6.56. The molecule has 0 saturated carbocycles. The number of hydrogen-bond donors (Lipinski definition) is 2. The first-order chi connectivity index (χ1) is 7.58. The minimum absolute atomic E-state index is 0.516. The highest BCUT2D eigenvalue weighted by Gasteiger charge is 2.46. The van der Waals surface area contributed by atoms with Gasteiger partial charge in [0.25, 0.3) is 0 Å². The molecule has 4 heteroatoms. The molecule has 3 N–H and O–H groups in total. The van der Waals surface area contributed by atoms with Gasteiger partial charge in [-0.2, -0.15) is 0 Å². The maximum Gasteiger partial charge on any atom is 0.227 e. The molecule has 4 nitrogen and oxygen atoms in total.